The van der Waals surface area contributed by atoms with E-state index in [0.717, 1.165) is 35.4 Å². The van der Waals surface area contributed by atoms with Crippen molar-refractivity contribution in [1.29, 1.82) is 0 Å². The van der Waals surface area contributed by atoms with Crippen molar-refractivity contribution in [3.63, 3.8) is 0 Å². The fourth-order valence-electron chi connectivity index (χ4n) is 3.08. The molecule has 3 rings (SSSR count). The molecule has 0 spiro atoms. The molecular weight excluding hydrogens is 372 g/mol. The molecule has 1 amide bonds. The number of hydrogen-bond acceptors (Lipinski definition) is 5. The average molecular weight is 397 g/mol. The van der Waals surface area contributed by atoms with E-state index in [1.165, 1.54) is 11.3 Å². The summed E-state index contributed by atoms with van der Waals surface area (Å²) in [5.74, 6) is 1.18. The molecule has 0 fully saturated rings. The van der Waals surface area contributed by atoms with Gasteiger partial charge in [-0.3, -0.25) is 4.79 Å². The average Bonchev–Trinajstić information content (AvgIpc) is 3.20. The third-order valence-electron chi connectivity index (χ3n) is 4.51. The zero-order chi connectivity index (χ0) is 19.9. The van der Waals surface area contributed by atoms with Crippen LogP contribution in [0.2, 0.25) is 0 Å². The van der Waals surface area contributed by atoms with Crippen LogP contribution in [0.15, 0.2) is 53.9 Å². The topological polar surface area (TPSA) is 60.5 Å². The molecule has 1 heterocycles. The second kappa shape index (κ2) is 9.37. The lowest BCUT2D eigenvalue weighted by Crippen LogP contribution is -2.21. The van der Waals surface area contributed by atoms with Gasteiger partial charge in [0.05, 0.1) is 25.8 Å². The van der Waals surface area contributed by atoms with Crippen LogP contribution in [0.5, 0.6) is 11.5 Å². The number of carbonyl (C=O) groups excluding carboxylic acids is 1. The Morgan fingerprint density at radius 2 is 1.93 bits per heavy atom. The van der Waals surface area contributed by atoms with E-state index in [2.05, 4.69) is 17.2 Å². The molecule has 0 aliphatic carbocycles. The highest BCUT2D eigenvalue weighted by Crippen LogP contribution is 2.35. The standard InChI is InChI=1S/C22H24N2O3S/c1-4-8-17(15-9-6-5-7-10-15)21(25)24-22-23-19(14-28-22)18-12-11-16(26-2)13-20(18)27-3/h5-7,9-14,17H,4,8H2,1-3H3,(H,23,24,25)/t17-/m0/s1. The summed E-state index contributed by atoms with van der Waals surface area (Å²) in [4.78, 5) is 17.5. The summed E-state index contributed by atoms with van der Waals surface area (Å²) in [7, 11) is 3.23. The molecule has 1 atom stereocenters. The smallest absolute Gasteiger partial charge is 0.233 e. The van der Waals surface area contributed by atoms with Crippen molar-refractivity contribution in [2.45, 2.75) is 25.7 Å². The minimum Gasteiger partial charge on any atom is -0.497 e. The van der Waals surface area contributed by atoms with Crippen LogP contribution in [-0.4, -0.2) is 25.1 Å². The molecule has 0 radical (unpaired) electrons. The Kier molecular flexibility index (Phi) is 6.66. The highest BCUT2D eigenvalue weighted by atomic mass is 32.1. The Morgan fingerprint density at radius 3 is 2.61 bits per heavy atom. The number of benzene rings is 2. The van der Waals surface area contributed by atoms with Gasteiger partial charge in [0.2, 0.25) is 5.91 Å². The number of hydrogen-bond donors (Lipinski definition) is 1. The third-order valence-corrected chi connectivity index (χ3v) is 5.27. The van der Waals surface area contributed by atoms with Gasteiger partial charge in [-0.2, -0.15) is 0 Å². The number of aromatic nitrogens is 1. The van der Waals surface area contributed by atoms with Crippen molar-refractivity contribution in [3.8, 4) is 22.8 Å². The molecule has 1 aromatic heterocycles. The molecule has 3 aromatic rings. The molecule has 6 heteroatoms. The molecule has 2 aromatic carbocycles. The Hall–Kier alpha value is -2.86. The SMILES string of the molecule is CCC[C@H](C(=O)Nc1nc(-c2ccc(OC)cc2OC)cs1)c1ccccc1. The number of amides is 1. The zero-order valence-electron chi connectivity index (χ0n) is 16.3. The van der Waals surface area contributed by atoms with E-state index in [-0.39, 0.29) is 11.8 Å². The van der Waals surface area contributed by atoms with Gasteiger partial charge < -0.3 is 14.8 Å². The van der Waals surface area contributed by atoms with Gasteiger partial charge in [-0.15, -0.1) is 11.3 Å². The van der Waals surface area contributed by atoms with Crippen LogP contribution in [0.3, 0.4) is 0 Å². The van der Waals surface area contributed by atoms with Gasteiger partial charge in [-0.25, -0.2) is 4.98 Å². The predicted molar refractivity (Wildman–Crippen MR) is 113 cm³/mol. The molecule has 0 bridgehead atoms. The molecular formula is C22H24N2O3S. The van der Waals surface area contributed by atoms with Crippen LogP contribution >= 0.6 is 11.3 Å². The fraction of sp³-hybridized carbons (Fsp3) is 0.273. The van der Waals surface area contributed by atoms with Gasteiger partial charge in [0, 0.05) is 17.0 Å². The monoisotopic (exact) mass is 396 g/mol. The highest BCUT2D eigenvalue weighted by Gasteiger charge is 2.21. The van der Waals surface area contributed by atoms with Crippen molar-refractivity contribution in [1.82, 2.24) is 4.98 Å². The maximum atomic E-state index is 12.9. The number of methoxy groups -OCH3 is 2. The number of carbonyl (C=O) groups is 1. The first kappa shape index (κ1) is 19.9. The van der Waals surface area contributed by atoms with Gasteiger partial charge in [0.15, 0.2) is 5.13 Å². The summed E-state index contributed by atoms with van der Waals surface area (Å²) in [6.07, 6.45) is 1.72. The van der Waals surface area contributed by atoms with Crippen LogP contribution in [0.4, 0.5) is 5.13 Å². The maximum absolute atomic E-state index is 12.9. The summed E-state index contributed by atoms with van der Waals surface area (Å²) in [5, 5.41) is 5.47. The van der Waals surface area contributed by atoms with Gasteiger partial charge in [-0.1, -0.05) is 43.7 Å². The van der Waals surface area contributed by atoms with Crippen LogP contribution in [0.25, 0.3) is 11.3 Å². The zero-order valence-corrected chi connectivity index (χ0v) is 17.1. The van der Waals surface area contributed by atoms with Crippen LogP contribution < -0.4 is 14.8 Å². The first-order chi connectivity index (χ1) is 13.7. The minimum absolute atomic E-state index is 0.0318. The third kappa shape index (κ3) is 4.51. The summed E-state index contributed by atoms with van der Waals surface area (Å²) in [5.41, 5.74) is 2.63. The van der Waals surface area contributed by atoms with Gasteiger partial charge in [-0.05, 0) is 24.1 Å². The molecule has 146 valence electrons. The number of rotatable bonds is 8. The van der Waals surface area contributed by atoms with Crippen LogP contribution in [-0.2, 0) is 4.79 Å². The molecule has 5 nitrogen and oxygen atoms in total. The number of thiazole rings is 1. The summed E-state index contributed by atoms with van der Waals surface area (Å²) in [6, 6.07) is 15.5. The first-order valence-electron chi connectivity index (χ1n) is 9.20. The number of ether oxygens (including phenoxy) is 2. The first-order valence-corrected chi connectivity index (χ1v) is 10.1. The van der Waals surface area contributed by atoms with E-state index in [9.17, 15) is 4.79 Å². The molecule has 0 aliphatic rings. The lowest BCUT2D eigenvalue weighted by Gasteiger charge is -2.15. The van der Waals surface area contributed by atoms with E-state index in [1.54, 1.807) is 14.2 Å². The van der Waals surface area contributed by atoms with E-state index in [0.29, 0.717) is 10.9 Å². The fourth-order valence-corrected chi connectivity index (χ4v) is 3.79. The number of nitrogens with zero attached hydrogens (tertiary/aromatic N) is 1. The summed E-state index contributed by atoms with van der Waals surface area (Å²) >= 11 is 1.40. The molecule has 0 aliphatic heterocycles. The van der Waals surface area contributed by atoms with E-state index in [1.807, 2.05) is 53.9 Å². The quantitative estimate of drug-likeness (QED) is 0.558. The lowest BCUT2D eigenvalue weighted by atomic mass is 9.94. The Labute approximate surface area is 169 Å². The minimum atomic E-state index is -0.186. The van der Waals surface area contributed by atoms with Gasteiger partial charge in [0.1, 0.15) is 11.5 Å². The normalized spacial score (nSPS) is 11.7. The summed E-state index contributed by atoms with van der Waals surface area (Å²) < 4.78 is 10.7. The second-order valence-corrected chi connectivity index (χ2v) is 7.20. The van der Waals surface area contributed by atoms with Crippen molar-refractivity contribution in [2.75, 3.05) is 19.5 Å². The Morgan fingerprint density at radius 1 is 1.14 bits per heavy atom. The maximum Gasteiger partial charge on any atom is 0.233 e. The largest absolute Gasteiger partial charge is 0.497 e. The number of anilines is 1. The van der Waals surface area contributed by atoms with Crippen molar-refractivity contribution in [3.05, 3.63) is 59.5 Å². The van der Waals surface area contributed by atoms with Crippen molar-refractivity contribution in [2.24, 2.45) is 0 Å². The Balaban J connectivity index is 1.79. The molecule has 0 unspecified atom stereocenters. The highest BCUT2D eigenvalue weighted by molar-refractivity contribution is 7.14. The molecule has 1 N–H and O–H groups in total. The van der Waals surface area contributed by atoms with Gasteiger partial charge in [0.25, 0.3) is 0 Å². The Bertz CT molecular complexity index is 925. The molecule has 0 saturated carbocycles. The van der Waals surface area contributed by atoms with E-state index < -0.39 is 0 Å². The van der Waals surface area contributed by atoms with Gasteiger partial charge >= 0.3 is 0 Å². The predicted octanol–water partition coefficient (Wildman–Crippen LogP) is 5.35. The lowest BCUT2D eigenvalue weighted by molar-refractivity contribution is -0.117. The van der Waals surface area contributed by atoms with Crippen LogP contribution in [0, 0.1) is 0 Å². The van der Waals surface area contributed by atoms with E-state index in [4.69, 9.17) is 9.47 Å². The summed E-state index contributed by atoms with van der Waals surface area (Å²) in [6.45, 7) is 2.08. The molecule has 28 heavy (non-hydrogen) atoms. The van der Waals surface area contributed by atoms with Crippen molar-refractivity contribution < 1.29 is 14.3 Å². The van der Waals surface area contributed by atoms with E-state index >= 15 is 0 Å². The second-order valence-electron chi connectivity index (χ2n) is 6.35. The molecule has 0 saturated heterocycles. The van der Waals surface area contributed by atoms with Crippen molar-refractivity contribution >= 4 is 22.4 Å². The number of nitrogens with one attached hydrogen (secondary N) is 1. The van der Waals surface area contributed by atoms with Crippen LogP contribution in [0.1, 0.15) is 31.2 Å².